The molecule has 0 radical (unpaired) electrons. The third-order valence-corrected chi connectivity index (χ3v) is 3.84. The Morgan fingerprint density at radius 3 is 2.71 bits per heavy atom. The van der Waals surface area contributed by atoms with E-state index in [1.807, 2.05) is 48.7 Å². The van der Waals surface area contributed by atoms with Crippen LogP contribution in [0, 0.1) is 6.92 Å². The molecule has 3 rings (SSSR count). The lowest BCUT2D eigenvalue weighted by atomic mass is 10.1. The van der Waals surface area contributed by atoms with Gasteiger partial charge in [0.05, 0.1) is 0 Å². The zero-order valence-corrected chi connectivity index (χ0v) is 10.1. The van der Waals surface area contributed by atoms with Gasteiger partial charge in [-0.1, -0.05) is 30.3 Å². The van der Waals surface area contributed by atoms with Gasteiger partial charge < -0.3 is 4.42 Å². The maximum absolute atomic E-state index is 11.8. The minimum atomic E-state index is -0.251. The Bertz CT molecular complexity index is 723. The van der Waals surface area contributed by atoms with Crippen LogP contribution in [0.25, 0.3) is 21.4 Å². The van der Waals surface area contributed by atoms with Crippen LogP contribution < -0.4 is 5.63 Å². The Kier molecular flexibility index (Phi) is 2.34. The topological polar surface area (TPSA) is 30.2 Å². The average molecular weight is 242 g/mol. The van der Waals surface area contributed by atoms with Gasteiger partial charge in [-0.25, -0.2) is 4.79 Å². The molecular weight excluding hydrogens is 232 g/mol. The van der Waals surface area contributed by atoms with Crippen molar-refractivity contribution < 1.29 is 4.42 Å². The SMILES string of the molecule is Cc1csc2c(=O)oc(-c3ccccc3)cc12. The van der Waals surface area contributed by atoms with Crippen LogP contribution in [0.15, 0.2) is 51.0 Å². The van der Waals surface area contributed by atoms with Crippen molar-refractivity contribution in [1.82, 2.24) is 0 Å². The molecule has 0 aliphatic heterocycles. The molecule has 2 aromatic heterocycles. The summed E-state index contributed by atoms with van der Waals surface area (Å²) in [5.41, 5.74) is 1.80. The molecule has 1 aromatic carbocycles. The highest BCUT2D eigenvalue weighted by atomic mass is 32.1. The van der Waals surface area contributed by atoms with E-state index in [1.165, 1.54) is 11.3 Å². The van der Waals surface area contributed by atoms with Crippen molar-refractivity contribution in [3.63, 3.8) is 0 Å². The van der Waals surface area contributed by atoms with Crippen LogP contribution in [0.4, 0.5) is 0 Å². The third-order valence-electron chi connectivity index (χ3n) is 2.74. The van der Waals surface area contributed by atoms with Gasteiger partial charge in [-0.3, -0.25) is 0 Å². The van der Waals surface area contributed by atoms with Gasteiger partial charge in [-0.05, 0) is 23.9 Å². The van der Waals surface area contributed by atoms with Gasteiger partial charge in [0.2, 0.25) is 0 Å². The molecule has 0 unspecified atom stereocenters. The number of aryl methyl sites for hydroxylation is 1. The third kappa shape index (κ3) is 1.68. The van der Waals surface area contributed by atoms with E-state index in [0.29, 0.717) is 10.5 Å². The Morgan fingerprint density at radius 1 is 1.18 bits per heavy atom. The molecule has 2 heterocycles. The minimum absolute atomic E-state index is 0.251. The lowest BCUT2D eigenvalue weighted by molar-refractivity contribution is 0.536. The fourth-order valence-electron chi connectivity index (χ4n) is 1.84. The van der Waals surface area contributed by atoms with Crippen LogP contribution in [0.1, 0.15) is 5.56 Å². The van der Waals surface area contributed by atoms with Gasteiger partial charge in [0.15, 0.2) is 0 Å². The van der Waals surface area contributed by atoms with Crippen molar-refractivity contribution >= 4 is 21.4 Å². The molecule has 0 N–H and O–H groups in total. The number of hydrogen-bond donors (Lipinski definition) is 0. The fraction of sp³-hybridized carbons (Fsp3) is 0.0714. The molecular formula is C14H10O2S. The molecule has 3 heteroatoms. The zero-order chi connectivity index (χ0) is 11.8. The molecule has 2 nitrogen and oxygen atoms in total. The van der Waals surface area contributed by atoms with Gasteiger partial charge in [-0.15, -0.1) is 11.3 Å². The van der Waals surface area contributed by atoms with E-state index in [2.05, 4.69) is 0 Å². The second-order valence-electron chi connectivity index (χ2n) is 3.93. The molecule has 17 heavy (non-hydrogen) atoms. The van der Waals surface area contributed by atoms with Crippen molar-refractivity contribution in [2.45, 2.75) is 6.92 Å². The van der Waals surface area contributed by atoms with Crippen LogP contribution in [0.5, 0.6) is 0 Å². The lowest BCUT2D eigenvalue weighted by Gasteiger charge is -2.00. The van der Waals surface area contributed by atoms with Gasteiger partial charge >= 0.3 is 5.63 Å². The highest BCUT2D eigenvalue weighted by Crippen LogP contribution is 2.27. The van der Waals surface area contributed by atoms with Crippen molar-refractivity contribution in [3.05, 3.63) is 57.8 Å². The maximum atomic E-state index is 11.8. The average Bonchev–Trinajstić information content (AvgIpc) is 2.73. The predicted molar refractivity (Wildman–Crippen MR) is 70.5 cm³/mol. The molecule has 0 aliphatic carbocycles. The van der Waals surface area contributed by atoms with Gasteiger partial charge in [-0.2, -0.15) is 0 Å². The molecule has 0 amide bonds. The van der Waals surface area contributed by atoms with Crippen molar-refractivity contribution in [2.75, 3.05) is 0 Å². The number of fused-ring (bicyclic) bond motifs is 1. The van der Waals surface area contributed by atoms with Crippen LogP contribution in [0.3, 0.4) is 0 Å². The first-order valence-electron chi connectivity index (χ1n) is 5.33. The summed E-state index contributed by atoms with van der Waals surface area (Å²) in [6, 6.07) is 11.6. The van der Waals surface area contributed by atoms with E-state index in [0.717, 1.165) is 16.5 Å². The van der Waals surface area contributed by atoms with E-state index in [-0.39, 0.29) is 5.63 Å². The summed E-state index contributed by atoms with van der Waals surface area (Å²) in [6.45, 7) is 2.01. The van der Waals surface area contributed by atoms with E-state index in [9.17, 15) is 4.79 Å². The van der Waals surface area contributed by atoms with Crippen molar-refractivity contribution in [3.8, 4) is 11.3 Å². The summed E-state index contributed by atoms with van der Waals surface area (Å²) in [6.07, 6.45) is 0. The molecule has 0 aliphatic rings. The van der Waals surface area contributed by atoms with E-state index in [4.69, 9.17) is 4.42 Å². The van der Waals surface area contributed by atoms with E-state index >= 15 is 0 Å². The van der Waals surface area contributed by atoms with Gasteiger partial charge in [0.1, 0.15) is 10.5 Å². The number of benzene rings is 1. The Balaban J connectivity index is 2.32. The summed E-state index contributed by atoms with van der Waals surface area (Å²) >= 11 is 1.44. The molecule has 0 fully saturated rings. The summed E-state index contributed by atoms with van der Waals surface area (Å²) < 4.78 is 6.04. The zero-order valence-electron chi connectivity index (χ0n) is 9.27. The Labute approximate surface area is 102 Å². The van der Waals surface area contributed by atoms with Crippen LogP contribution >= 0.6 is 11.3 Å². The quantitative estimate of drug-likeness (QED) is 0.649. The number of thiophene rings is 1. The largest absolute Gasteiger partial charge is 0.422 e. The maximum Gasteiger partial charge on any atom is 0.354 e. The van der Waals surface area contributed by atoms with E-state index < -0.39 is 0 Å². The van der Waals surface area contributed by atoms with Crippen molar-refractivity contribution in [1.29, 1.82) is 0 Å². The Hall–Kier alpha value is -1.87. The first-order valence-corrected chi connectivity index (χ1v) is 6.21. The molecule has 84 valence electrons. The first kappa shape index (κ1) is 10.3. The molecule has 0 spiro atoms. The van der Waals surface area contributed by atoms with Gasteiger partial charge in [0.25, 0.3) is 0 Å². The summed E-state index contributed by atoms with van der Waals surface area (Å²) in [5.74, 6) is 0.629. The Morgan fingerprint density at radius 2 is 1.94 bits per heavy atom. The summed E-state index contributed by atoms with van der Waals surface area (Å²) in [5, 5.41) is 2.97. The summed E-state index contributed by atoms with van der Waals surface area (Å²) in [7, 11) is 0. The lowest BCUT2D eigenvalue weighted by Crippen LogP contribution is -1.97. The molecule has 0 atom stereocenters. The smallest absolute Gasteiger partial charge is 0.354 e. The predicted octanol–water partition coefficient (Wildman–Crippen LogP) is 3.83. The first-order chi connectivity index (χ1) is 8.25. The number of hydrogen-bond acceptors (Lipinski definition) is 3. The normalized spacial score (nSPS) is 10.9. The second kappa shape index (κ2) is 3.86. The second-order valence-corrected chi connectivity index (χ2v) is 4.81. The monoisotopic (exact) mass is 242 g/mol. The van der Waals surface area contributed by atoms with Gasteiger partial charge in [0, 0.05) is 10.9 Å². The fourth-order valence-corrected chi connectivity index (χ4v) is 2.75. The number of rotatable bonds is 1. The molecule has 0 saturated carbocycles. The molecule has 0 bridgehead atoms. The highest BCUT2D eigenvalue weighted by Gasteiger charge is 2.09. The molecule has 0 saturated heterocycles. The highest BCUT2D eigenvalue weighted by molar-refractivity contribution is 7.17. The van der Waals surface area contributed by atoms with Crippen LogP contribution in [0.2, 0.25) is 0 Å². The van der Waals surface area contributed by atoms with Crippen LogP contribution in [-0.2, 0) is 0 Å². The summed E-state index contributed by atoms with van der Waals surface area (Å²) in [4.78, 5) is 11.8. The van der Waals surface area contributed by atoms with E-state index in [1.54, 1.807) is 0 Å². The minimum Gasteiger partial charge on any atom is -0.422 e. The van der Waals surface area contributed by atoms with Crippen molar-refractivity contribution in [2.24, 2.45) is 0 Å². The molecule has 3 aromatic rings. The van der Waals surface area contributed by atoms with Crippen LogP contribution in [-0.4, -0.2) is 0 Å². The standard InChI is InChI=1S/C14H10O2S/c1-9-8-17-13-11(9)7-12(16-14(13)15)10-5-3-2-4-6-10/h2-8H,1H3.